The second-order valence-corrected chi connectivity index (χ2v) is 32.5. The molecule has 121 heavy (non-hydrogen) atoms. The van der Waals surface area contributed by atoms with Crippen molar-refractivity contribution in [2.75, 3.05) is 0 Å². The van der Waals surface area contributed by atoms with Gasteiger partial charge in [-0.2, -0.15) is 0 Å². The molecule has 20 nitrogen and oxygen atoms in total. The highest BCUT2D eigenvalue weighted by Gasteiger charge is 2.24. The molecule has 0 aromatic carbocycles. The van der Waals surface area contributed by atoms with Crippen LogP contribution in [0, 0.1) is 55.4 Å². The van der Waals surface area contributed by atoms with Crippen molar-refractivity contribution < 1.29 is 0 Å². The van der Waals surface area contributed by atoms with Gasteiger partial charge in [-0.05, 0) is 114 Å². The lowest BCUT2D eigenvalue weighted by atomic mass is 9.88. The largest absolute Gasteiger partial charge is 0.339 e. The van der Waals surface area contributed by atoms with Crippen LogP contribution in [0.5, 0.6) is 0 Å². The van der Waals surface area contributed by atoms with Gasteiger partial charge in [0.15, 0.2) is 16.9 Å². The molecule has 11 aromatic rings. The highest BCUT2D eigenvalue weighted by molar-refractivity contribution is 5.75. The maximum absolute atomic E-state index is 4.50. The number of pyridine rings is 3. The molecule has 0 aliphatic carbocycles. The number of rotatable bonds is 0. The molecule has 0 unspecified atom stereocenters. The Labute approximate surface area is 744 Å². The summed E-state index contributed by atoms with van der Waals surface area (Å²) in [6, 6.07) is 16.0. The molecule has 0 saturated heterocycles. The summed E-state index contributed by atoms with van der Waals surface area (Å²) in [6.07, 6.45) is 12.8. The zero-order chi connectivity index (χ0) is 97.5. The molecule has 0 bridgehead atoms. The number of hydrogen-bond donors (Lipinski definition) is 3. The number of H-pyrrole nitrogens is 3. The number of fused-ring (bicyclic) bond motifs is 3. The van der Waals surface area contributed by atoms with Gasteiger partial charge in [-0.3, -0.25) is 15.0 Å². The Morgan fingerprint density at radius 2 is 0.595 bits per heavy atom. The van der Waals surface area contributed by atoms with E-state index in [0.717, 1.165) is 115 Å². The third-order valence-corrected chi connectivity index (χ3v) is 14.2. The second-order valence-electron chi connectivity index (χ2n) is 32.5. The zero-order valence-corrected chi connectivity index (χ0v) is 88.8. The lowest BCUT2D eigenvalue weighted by molar-refractivity contribution is 0.534. The van der Waals surface area contributed by atoms with Gasteiger partial charge in [0, 0.05) is 81.6 Å². The maximum atomic E-state index is 4.50. The summed E-state index contributed by atoms with van der Waals surface area (Å²) >= 11 is 0. The van der Waals surface area contributed by atoms with Crippen molar-refractivity contribution in [3.05, 3.63) is 184 Å². The predicted octanol–water partition coefficient (Wildman–Crippen LogP) is 29.8. The van der Waals surface area contributed by atoms with E-state index in [9.17, 15) is 0 Å². The minimum atomic E-state index is -0.0359. The van der Waals surface area contributed by atoms with Crippen molar-refractivity contribution in [3.8, 4) is 0 Å². The number of imidazole rings is 3. The maximum Gasteiger partial charge on any atom is 0.181 e. The van der Waals surface area contributed by atoms with Gasteiger partial charge in [0.05, 0.1) is 17.1 Å². The van der Waals surface area contributed by atoms with Crippen molar-refractivity contribution in [1.82, 2.24) is 99.7 Å². The van der Waals surface area contributed by atoms with Gasteiger partial charge in [0.1, 0.15) is 74.8 Å². The van der Waals surface area contributed by atoms with Crippen LogP contribution in [0.4, 0.5) is 0 Å². The van der Waals surface area contributed by atoms with E-state index in [1.807, 2.05) is 271 Å². The van der Waals surface area contributed by atoms with E-state index in [1.54, 1.807) is 18.6 Å². The molecular formula is C101H186N20. The van der Waals surface area contributed by atoms with Crippen LogP contribution in [0.15, 0.2) is 91.9 Å². The summed E-state index contributed by atoms with van der Waals surface area (Å²) in [5.74, 6) is 8.48. The van der Waals surface area contributed by atoms with E-state index >= 15 is 0 Å². The van der Waals surface area contributed by atoms with Crippen molar-refractivity contribution in [3.63, 3.8) is 0 Å². The smallest absolute Gasteiger partial charge is 0.181 e. The Kier molecular flexibility index (Phi) is 74.0. The molecule has 0 aliphatic heterocycles. The average molecular weight is 1680 g/mol. The van der Waals surface area contributed by atoms with E-state index in [0.29, 0.717) is 0 Å². The molecule has 11 aromatic heterocycles. The fourth-order valence-electron chi connectivity index (χ4n) is 8.78. The molecular weight excluding hydrogens is 1490 g/mol. The molecule has 690 valence electrons. The molecule has 0 fully saturated rings. The normalized spacial score (nSPS) is 10.1. The van der Waals surface area contributed by atoms with Gasteiger partial charge in [-0.1, -0.05) is 344 Å². The van der Waals surface area contributed by atoms with Crippen LogP contribution in [-0.4, -0.2) is 99.7 Å². The van der Waals surface area contributed by atoms with E-state index in [2.05, 4.69) is 290 Å². The Bertz CT molecular complexity index is 3980. The average Bonchev–Trinajstić information content (AvgIpc) is 1.67. The Morgan fingerprint density at radius 1 is 0.231 bits per heavy atom. The minimum Gasteiger partial charge on any atom is -0.339 e. The predicted molar refractivity (Wildman–Crippen MR) is 533 cm³/mol. The summed E-state index contributed by atoms with van der Waals surface area (Å²) in [5.41, 5.74) is 12.6. The van der Waals surface area contributed by atoms with Crippen molar-refractivity contribution >= 4 is 33.5 Å². The highest BCUT2D eigenvalue weighted by Crippen LogP contribution is 2.28. The van der Waals surface area contributed by atoms with Crippen LogP contribution in [-0.2, 0) is 43.3 Å². The van der Waals surface area contributed by atoms with Crippen LogP contribution in [0.2, 0.25) is 0 Å². The lowest BCUT2D eigenvalue weighted by Gasteiger charge is -2.18. The third kappa shape index (κ3) is 55.0. The van der Waals surface area contributed by atoms with E-state index < -0.39 is 0 Å². The molecule has 0 aliphatic rings. The van der Waals surface area contributed by atoms with E-state index in [-0.39, 0.29) is 43.3 Å². The van der Waals surface area contributed by atoms with Gasteiger partial charge < -0.3 is 15.0 Å². The highest BCUT2D eigenvalue weighted by atomic mass is 15.1. The summed E-state index contributed by atoms with van der Waals surface area (Å²) in [5, 5.41) is 0. The van der Waals surface area contributed by atoms with Gasteiger partial charge in [-0.15, -0.1) is 0 Å². The number of hydrogen-bond acceptors (Lipinski definition) is 17. The number of nitrogens with one attached hydrogen (secondary N) is 3. The second kappa shape index (κ2) is 68.7. The van der Waals surface area contributed by atoms with E-state index in [4.69, 9.17) is 0 Å². The van der Waals surface area contributed by atoms with Crippen LogP contribution < -0.4 is 0 Å². The first-order valence-corrected chi connectivity index (χ1v) is 45.3. The molecule has 0 radical (unpaired) electrons. The van der Waals surface area contributed by atoms with E-state index in [1.165, 1.54) is 11.1 Å². The fraction of sp³-hybridized carbons (Fsp3) is 0.634. The van der Waals surface area contributed by atoms with Crippen LogP contribution in [0.1, 0.15) is 424 Å². The van der Waals surface area contributed by atoms with Crippen LogP contribution in [0.3, 0.4) is 0 Å². The molecule has 11 rings (SSSR count). The molecule has 0 spiro atoms. The summed E-state index contributed by atoms with van der Waals surface area (Å²) in [6.45, 7) is 115. The first-order valence-electron chi connectivity index (χ1n) is 45.3. The molecule has 0 amide bonds. The first-order chi connectivity index (χ1) is 56.4. The van der Waals surface area contributed by atoms with Crippen molar-refractivity contribution in [1.29, 1.82) is 0 Å². The van der Waals surface area contributed by atoms with Crippen molar-refractivity contribution in [2.45, 2.75) is 431 Å². The number of aromatic amines is 3. The Morgan fingerprint density at radius 3 is 0.926 bits per heavy atom. The summed E-state index contributed by atoms with van der Waals surface area (Å²) in [4.78, 5) is 82.5. The fourth-order valence-corrected chi connectivity index (χ4v) is 8.78. The molecule has 0 saturated carbocycles. The van der Waals surface area contributed by atoms with Gasteiger partial charge >= 0.3 is 0 Å². The minimum absolute atomic E-state index is 0.00488. The quantitative estimate of drug-likeness (QED) is 0.127. The van der Waals surface area contributed by atoms with Crippen molar-refractivity contribution in [2.24, 2.45) is 0 Å². The topological polar surface area (TPSA) is 266 Å². The summed E-state index contributed by atoms with van der Waals surface area (Å²) in [7, 11) is 0. The van der Waals surface area contributed by atoms with Crippen LogP contribution >= 0.6 is 0 Å². The summed E-state index contributed by atoms with van der Waals surface area (Å²) < 4.78 is 0. The van der Waals surface area contributed by atoms with Gasteiger partial charge in [-0.25, -0.2) is 69.8 Å². The number of nitrogens with zero attached hydrogens (tertiary/aromatic N) is 17. The molecule has 11 heterocycles. The number of aromatic nitrogens is 20. The molecule has 0 atom stereocenters. The van der Waals surface area contributed by atoms with Gasteiger partial charge in [0.25, 0.3) is 0 Å². The zero-order valence-electron chi connectivity index (χ0n) is 88.8. The SMILES string of the molecule is CC.CC.CC.CC.CC.CC.CC.CC.CC.CC.CC.CC.CC(C)(C)c1ccccn1.CC(C)(C)c1cccnc1.CC(C)(C)c1ccncc1.CC(C)(C)c1ncccn1.Cc1nc(C(C)(C)C)c2[nH]c(C)nc2n1.Cc1nc(C)c2[nH]c(C(C)(C)C)nc2n1.Cc1nc(C)nc(C(C)(C)C)n1.Cc1nc2nc(C(C)(C)C)nc(C)c2[nH]1. The molecule has 20 heteroatoms. The monoisotopic (exact) mass is 1680 g/mol. The number of aryl methyl sites for hydroxylation is 8. The standard InChI is InChI=1S/3C11H16N4.C9H15N3.3C9H13N.C8H12N2.12C2H6/c1-6-12-8-9(11(3,4)5)13-7(2)15-10(8)14-6;1-6-8-9(14-7(2)13-8)15-10(12-6)11(3,4)5;1-6-8-9(13-7(2)12-6)15-10(14-8)11(3,4)5;1-6-10-7(2)12-8(11-6)9(3,4)5;1-9(2,3)8-4-6-10-7-5-8;1-9(2,3)8-5-4-6-10-7-8;1-9(2,3)8-6-4-5-7-10-8;1-8(2,3)7-9-5-4-6-10-7;12*1-2/h3*1-5H3,(H,12,13,14,15);1-5H3;3*4-7H,1-3H3;4-6H,1-3H3;12*1-2H3. The van der Waals surface area contributed by atoms with Crippen LogP contribution in [0.25, 0.3) is 33.5 Å². The Balaban J connectivity index is -0.000000164. The first kappa shape index (κ1) is 130. The Hall–Kier alpha value is -8.81. The van der Waals surface area contributed by atoms with Gasteiger partial charge in [0.2, 0.25) is 0 Å². The molecule has 3 N–H and O–H groups in total. The third-order valence-electron chi connectivity index (χ3n) is 14.2. The lowest BCUT2D eigenvalue weighted by Crippen LogP contribution is -2.18.